The van der Waals surface area contributed by atoms with E-state index < -0.39 is 0 Å². The first-order valence-corrected chi connectivity index (χ1v) is 11.5. The van der Waals surface area contributed by atoms with Crippen molar-refractivity contribution in [3.05, 3.63) is 16.8 Å². The van der Waals surface area contributed by atoms with Crippen molar-refractivity contribution in [2.75, 3.05) is 32.9 Å². The van der Waals surface area contributed by atoms with Crippen molar-refractivity contribution < 1.29 is 14.6 Å². The topological polar surface area (TPSA) is 67.7 Å². The molecule has 28 heavy (non-hydrogen) atoms. The molecule has 1 aliphatic heterocycles. The number of aryl methyl sites for hydroxylation is 1. The van der Waals surface area contributed by atoms with Gasteiger partial charge in [-0.25, -0.2) is 9.97 Å². The van der Waals surface area contributed by atoms with Crippen LogP contribution in [0.2, 0.25) is 0 Å². The molecular weight excluding hydrogens is 374 g/mol. The Balaban J connectivity index is 1.31. The number of ether oxygens (including phenoxy) is 2. The molecule has 1 atom stereocenters. The molecule has 6 nitrogen and oxygen atoms in total. The summed E-state index contributed by atoms with van der Waals surface area (Å²) in [4.78, 5) is 14.1. The zero-order valence-corrected chi connectivity index (χ0v) is 17.1. The molecule has 0 bridgehead atoms. The SMILES string of the molecule is OCC[C@H]1CCc2sc3ncnc(O[C@H]4CC[C@H](N5CCOCC5)CC4)c3c21. The lowest BCUT2D eigenvalue weighted by Gasteiger charge is -2.38. The fourth-order valence-corrected chi connectivity index (χ4v) is 6.43. The summed E-state index contributed by atoms with van der Waals surface area (Å²) < 4.78 is 12.0. The number of aliphatic hydroxyl groups is 1. The average Bonchev–Trinajstić information content (AvgIpc) is 3.30. The van der Waals surface area contributed by atoms with Gasteiger partial charge in [-0.1, -0.05) is 0 Å². The number of rotatable bonds is 5. The molecular formula is C21H29N3O3S. The summed E-state index contributed by atoms with van der Waals surface area (Å²) in [6.07, 6.45) is 9.45. The Hall–Kier alpha value is -1.28. The maximum Gasteiger partial charge on any atom is 0.225 e. The van der Waals surface area contributed by atoms with E-state index in [4.69, 9.17) is 9.47 Å². The Morgan fingerprint density at radius 3 is 2.75 bits per heavy atom. The van der Waals surface area contributed by atoms with Crippen molar-refractivity contribution in [2.45, 2.75) is 63.0 Å². The van der Waals surface area contributed by atoms with Crippen molar-refractivity contribution in [2.24, 2.45) is 0 Å². The largest absolute Gasteiger partial charge is 0.474 e. The third kappa shape index (κ3) is 3.54. The van der Waals surface area contributed by atoms with Crippen LogP contribution in [0.15, 0.2) is 6.33 Å². The minimum absolute atomic E-state index is 0.233. The quantitative estimate of drug-likeness (QED) is 0.827. The number of nitrogens with zero attached hydrogens (tertiary/aromatic N) is 3. The van der Waals surface area contributed by atoms with Gasteiger partial charge in [-0.05, 0) is 56.4 Å². The van der Waals surface area contributed by atoms with E-state index in [2.05, 4.69) is 14.9 Å². The van der Waals surface area contributed by atoms with Gasteiger partial charge in [-0.2, -0.15) is 0 Å². The molecule has 0 aromatic carbocycles. The molecule has 5 rings (SSSR count). The van der Waals surface area contributed by atoms with E-state index >= 15 is 0 Å². The van der Waals surface area contributed by atoms with Crippen molar-refractivity contribution in [3.63, 3.8) is 0 Å². The summed E-state index contributed by atoms with van der Waals surface area (Å²) in [5.74, 6) is 1.18. The second-order valence-corrected chi connectivity index (χ2v) is 9.33. The number of aliphatic hydroxyl groups excluding tert-OH is 1. The van der Waals surface area contributed by atoms with Crippen molar-refractivity contribution in [1.82, 2.24) is 14.9 Å². The molecule has 152 valence electrons. The predicted molar refractivity (Wildman–Crippen MR) is 109 cm³/mol. The van der Waals surface area contributed by atoms with Gasteiger partial charge in [0.1, 0.15) is 17.3 Å². The number of hydrogen-bond donors (Lipinski definition) is 1. The van der Waals surface area contributed by atoms with E-state index in [0.29, 0.717) is 12.0 Å². The third-order valence-corrected chi connectivity index (χ3v) is 7.83. The molecule has 7 heteroatoms. The van der Waals surface area contributed by atoms with Crippen molar-refractivity contribution in [3.8, 4) is 5.88 Å². The minimum Gasteiger partial charge on any atom is -0.474 e. The lowest BCUT2D eigenvalue weighted by atomic mass is 9.91. The summed E-state index contributed by atoms with van der Waals surface area (Å²) >= 11 is 1.78. The second-order valence-electron chi connectivity index (χ2n) is 8.24. The fraction of sp³-hybridized carbons (Fsp3) is 0.714. The van der Waals surface area contributed by atoms with E-state index in [0.717, 1.165) is 74.5 Å². The molecule has 3 aliphatic rings. The highest BCUT2D eigenvalue weighted by atomic mass is 32.1. The maximum atomic E-state index is 9.45. The second kappa shape index (κ2) is 8.22. The zero-order chi connectivity index (χ0) is 18.9. The lowest BCUT2D eigenvalue weighted by Crippen LogP contribution is -2.46. The molecule has 3 heterocycles. The van der Waals surface area contributed by atoms with E-state index in [1.165, 1.54) is 23.3 Å². The predicted octanol–water partition coefficient (Wildman–Crippen LogP) is 3.13. The fourth-order valence-electron chi connectivity index (χ4n) is 5.20. The average molecular weight is 404 g/mol. The summed E-state index contributed by atoms with van der Waals surface area (Å²) in [5.41, 5.74) is 1.35. The first-order valence-electron chi connectivity index (χ1n) is 10.7. The van der Waals surface area contributed by atoms with Crippen LogP contribution in [-0.4, -0.2) is 65.0 Å². The molecule has 1 N–H and O–H groups in total. The Morgan fingerprint density at radius 2 is 1.96 bits per heavy atom. The van der Waals surface area contributed by atoms with Crippen LogP contribution in [0.4, 0.5) is 0 Å². The maximum absolute atomic E-state index is 9.45. The molecule has 0 amide bonds. The molecule has 1 saturated carbocycles. The van der Waals surface area contributed by atoms with Gasteiger partial charge in [0.15, 0.2) is 0 Å². The highest BCUT2D eigenvalue weighted by Crippen LogP contribution is 2.47. The van der Waals surface area contributed by atoms with Crippen LogP contribution >= 0.6 is 11.3 Å². The van der Waals surface area contributed by atoms with Crippen LogP contribution in [0.25, 0.3) is 10.2 Å². The van der Waals surface area contributed by atoms with Gasteiger partial charge in [0.05, 0.1) is 18.6 Å². The number of hydrogen-bond acceptors (Lipinski definition) is 7. The Labute approximate surface area is 169 Å². The van der Waals surface area contributed by atoms with Gasteiger partial charge in [0.2, 0.25) is 5.88 Å². The number of morpholine rings is 1. The molecule has 0 spiro atoms. The highest BCUT2D eigenvalue weighted by Gasteiger charge is 2.32. The van der Waals surface area contributed by atoms with E-state index in [1.807, 2.05) is 0 Å². The smallest absolute Gasteiger partial charge is 0.225 e. The van der Waals surface area contributed by atoms with Crippen LogP contribution in [0.3, 0.4) is 0 Å². The van der Waals surface area contributed by atoms with Crippen LogP contribution < -0.4 is 4.74 Å². The first kappa shape index (κ1) is 18.7. The van der Waals surface area contributed by atoms with Gasteiger partial charge in [-0.15, -0.1) is 11.3 Å². The van der Waals surface area contributed by atoms with E-state index in [1.54, 1.807) is 17.7 Å². The van der Waals surface area contributed by atoms with Crippen molar-refractivity contribution >= 4 is 21.6 Å². The standard InChI is InChI=1S/C21H29N3O3S/c25-10-7-14-1-6-17-18(14)19-20(22-13-23-21(19)28-17)27-16-4-2-15(3-5-16)24-8-11-26-12-9-24/h13-16,25H,1-12H2/t14-,15-,16-/m1/s1. The molecule has 2 fully saturated rings. The van der Waals surface area contributed by atoms with Crippen LogP contribution in [0.1, 0.15) is 54.9 Å². The number of fused-ring (bicyclic) bond motifs is 3. The summed E-state index contributed by atoms with van der Waals surface area (Å²) in [5, 5.41) is 10.6. The minimum atomic E-state index is 0.233. The van der Waals surface area contributed by atoms with E-state index in [9.17, 15) is 5.11 Å². The zero-order valence-electron chi connectivity index (χ0n) is 16.3. The highest BCUT2D eigenvalue weighted by molar-refractivity contribution is 7.19. The summed E-state index contributed by atoms with van der Waals surface area (Å²) in [6, 6.07) is 0.675. The van der Waals surface area contributed by atoms with Gasteiger partial charge >= 0.3 is 0 Å². The van der Waals surface area contributed by atoms with Gasteiger partial charge in [0, 0.05) is 30.6 Å². The molecule has 0 radical (unpaired) electrons. The van der Waals surface area contributed by atoms with E-state index in [-0.39, 0.29) is 12.7 Å². The summed E-state index contributed by atoms with van der Waals surface area (Å²) in [6.45, 7) is 4.10. The van der Waals surface area contributed by atoms with Gasteiger partial charge in [0.25, 0.3) is 0 Å². The van der Waals surface area contributed by atoms with Crippen LogP contribution in [0.5, 0.6) is 5.88 Å². The van der Waals surface area contributed by atoms with Crippen LogP contribution in [0, 0.1) is 0 Å². The normalized spacial score (nSPS) is 28.5. The monoisotopic (exact) mass is 403 g/mol. The molecule has 0 unspecified atom stereocenters. The third-order valence-electron chi connectivity index (χ3n) is 6.66. The molecule has 2 aromatic rings. The molecule has 2 aliphatic carbocycles. The number of thiophene rings is 1. The lowest BCUT2D eigenvalue weighted by molar-refractivity contribution is -0.00126. The van der Waals surface area contributed by atoms with Crippen LogP contribution in [-0.2, 0) is 11.2 Å². The Morgan fingerprint density at radius 1 is 1.14 bits per heavy atom. The Bertz CT molecular complexity index is 813. The molecule has 2 aromatic heterocycles. The van der Waals surface area contributed by atoms with Crippen molar-refractivity contribution in [1.29, 1.82) is 0 Å². The molecule has 1 saturated heterocycles. The first-order chi connectivity index (χ1) is 13.8. The van der Waals surface area contributed by atoms with Gasteiger partial charge < -0.3 is 14.6 Å². The number of aromatic nitrogens is 2. The Kier molecular flexibility index (Phi) is 5.50. The van der Waals surface area contributed by atoms with Gasteiger partial charge in [-0.3, -0.25) is 4.90 Å². The summed E-state index contributed by atoms with van der Waals surface area (Å²) in [7, 11) is 0.